The minimum absolute atomic E-state index is 0.126. The summed E-state index contributed by atoms with van der Waals surface area (Å²) in [6.45, 7) is 5.82. The first-order valence-electron chi connectivity index (χ1n) is 8.49. The third-order valence-corrected chi connectivity index (χ3v) is 3.59. The number of rotatable bonds is 13. The first kappa shape index (κ1) is 19.2. The molecule has 0 aliphatic heterocycles. The number of ether oxygens (including phenoxy) is 1. The van der Waals surface area contributed by atoms with Gasteiger partial charge in [0.2, 0.25) is 0 Å². The molecule has 1 unspecified atom stereocenters. The van der Waals surface area contributed by atoms with Gasteiger partial charge in [-0.3, -0.25) is 4.79 Å². The Balaban J connectivity index is 3.66. The Morgan fingerprint density at radius 3 is 2.15 bits per heavy atom. The van der Waals surface area contributed by atoms with Crippen molar-refractivity contribution in [1.82, 2.24) is 0 Å². The summed E-state index contributed by atoms with van der Waals surface area (Å²) < 4.78 is 5.43. The smallest absolute Gasteiger partial charge is 0.302 e. The van der Waals surface area contributed by atoms with Gasteiger partial charge in [-0.15, -0.1) is 0 Å². The highest BCUT2D eigenvalue weighted by molar-refractivity contribution is 5.66. The zero-order valence-corrected chi connectivity index (χ0v) is 13.8. The van der Waals surface area contributed by atoms with Crippen LogP contribution in [0.25, 0.3) is 0 Å². The van der Waals surface area contributed by atoms with E-state index in [0.29, 0.717) is 0 Å². The summed E-state index contributed by atoms with van der Waals surface area (Å²) in [5.41, 5.74) is 0. The van der Waals surface area contributed by atoms with E-state index in [1.165, 1.54) is 64.7 Å². The van der Waals surface area contributed by atoms with E-state index in [1.54, 1.807) is 0 Å². The van der Waals surface area contributed by atoms with Crippen molar-refractivity contribution in [2.24, 2.45) is 0 Å². The van der Waals surface area contributed by atoms with Crippen LogP contribution in [0.15, 0.2) is 12.2 Å². The van der Waals surface area contributed by atoms with E-state index in [2.05, 4.69) is 26.0 Å². The summed E-state index contributed by atoms with van der Waals surface area (Å²) >= 11 is 0. The summed E-state index contributed by atoms with van der Waals surface area (Å²) in [6, 6.07) is 0. The van der Waals surface area contributed by atoms with Crippen LogP contribution in [-0.2, 0) is 9.53 Å². The summed E-state index contributed by atoms with van der Waals surface area (Å²) in [6.07, 6.45) is 17.8. The molecule has 0 radical (unpaired) electrons. The van der Waals surface area contributed by atoms with Gasteiger partial charge in [0.1, 0.15) is 6.10 Å². The van der Waals surface area contributed by atoms with Gasteiger partial charge in [-0.05, 0) is 45.4 Å². The Kier molecular flexibility index (Phi) is 14.0. The molecule has 0 saturated heterocycles. The zero-order chi connectivity index (χ0) is 15.1. The lowest BCUT2D eigenvalue weighted by Gasteiger charge is -2.16. The summed E-state index contributed by atoms with van der Waals surface area (Å²) in [7, 11) is 0. The fourth-order valence-electron chi connectivity index (χ4n) is 2.45. The van der Waals surface area contributed by atoms with Crippen molar-refractivity contribution in [2.45, 2.75) is 97.5 Å². The largest absolute Gasteiger partial charge is 0.463 e. The van der Waals surface area contributed by atoms with Gasteiger partial charge in [-0.25, -0.2) is 0 Å². The normalized spacial score (nSPS) is 12.8. The van der Waals surface area contributed by atoms with Crippen LogP contribution in [-0.4, -0.2) is 12.1 Å². The van der Waals surface area contributed by atoms with E-state index in [4.69, 9.17) is 4.74 Å². The Morgan fingerprint density at radius 2 is 1.60 bits per heavy atom. The number of carbonyl (C=O) groups is 1. The van der Waals surface area contributed by atoms with Crippen molar-refractivity contribution in [2.75, 3.05) is 0 Å². The van der Waals surface area contributed by atoms with Gasteiger partial charge in [0, 0.05) is 6.92 Å². The van der Waals surface area contributed by atoms with Crippen LogP contribution in [0.2, 0.25) is 0 Å². The molecular weight excluding hydrogens is 248 g/mol. The average Bonchev–Trinajstić information content (AvgIpc) is 2.41. The van der Waals surface area contributed by atoms with E-state index >= 15 is 0 Å². The maximum Gasteiger partial charge on any atom is 0.302 e. The summed E-state index contributed by atoms with van der Waals surface area (Å²) in [5, 5.41) is 0. The van der Waals surface area contributed by atoms with E-state index in [-0.39, 0.29) is 12.1 Å². The van der Waals surface area contributed by atoms with Crippen molar-refractivity contribution in [3.63, 3.8) is 0 Å². The second kappa shape index (κ2) is 14.6. The molecule has 1 atom stereocenters. The standard InChI is InChI=1S/C18H34O2/c1-4-6-8-10-11-12-14-16-18(20-17(3)19)15-13-9-7-5-2/h4,6,18H,5,7-16H2,1-3H3. The molecule has 0 saturated carbocycles. The summed E-state index contributed by atoms with van der Waals surface area (Å²) in [4.78, 5) is 11.1. The van der Waals surface area contributed by atoms with Gasteiger partial charge < -0.3 is 4.74 Å². The van der Waals surface area contributed by atoms with E-state index in [0.717, 1.165) is 12.8 Å². The molecule has 0 heterocycles. The van der Waals surface area contributed by atoms with Crippen molar-refractivity contribution >= 4 is 5.97 Å². The van der Waals surface area contributed by atoms with E-state index < -0.39 is 0 Å². The maximum absolute atomic E-state index is 11.1. The van der Waals surface area contributed by atoms with Crippen molar-refractivity contribution in [3.05, 3.63) is 12.2 Å². The Bertz CT molecular complexity index is 246. The molecule has 0 amide bonds. The fourth-order valence-corrected chi connectivity index (χ4v) is 2.45. The first-order chi connectivity index (χ1) is 9.70. The lowest BCUT2D eigenvalue weighted by molar-refractivity contribution is -0.147. The van der Waals surface area contributed by atoms with Crippen LogP contribution >= 0.6 is 0 Å². The van der Waals surface area contributed by atoms with Gasteiger partial charge in [-0.2, -0.15) is 0 Å². The third kappa shape index (κ3) is 13.6. The molecule has 0 bridgehead atoms. The van der Waals surface area contributed by atoms with Crippen molar-refractivity contribution in [3.8, 4) is 0 Å². The summed E-state index contributed by atoms with van der Waals surface area (Å²) in [5.74, 6) is -0.126. The molecule has 0 rings (SSSR count). The second-order valence-electron chi connectivity index (χ2n) is 5.64. The SMILES string of the molecule is CC=CCCCCCCC(CCCCCC)OC(C)=O. The van der Waals surface area contributed by atoms with Crippen LogP contribution in [0.3, 0.4) is 0 Å². The van der Waals surface area contributed by atoms with Gasteiger partial charge >= 0.3 is 5.97 Å². The monoisotopic (exact) mass is 282 g/mol. The highest BCUT2D eigenvalue weighted by Crippen LogP contribution is 2.16. The molecule has 0 fully saturated rings. The minimum atomic E-state index is -0.126. The molecule has 0 aliphatic rings. The Labute approximate surface area is 126 Å². The maximum atomic E-state index is 11.1. The molecule has 118 valence electrons. The van der Waals surface area contributed by atoms with Crippen LogP contribution in [0.5, 0.6) is 0 Å². The molecule has 20 heavy (non-hydrogen) atoms. The number of hydrogen-bond acceptors (Lipinski definition) is 2. The molecule has 0 aromatic heterocycles. The number of esters is 1. The van der Waals surface area contributed by atoms with Crippen LogP contribution in [0.4, 0.5) is 0 Å². The topological polar surface area (TPSA) is 26.3 Å². The van der Waals surface area contributed by atoms with E-state index in [1.807, 2.05) is 0 Å². The third-order valence-electron chi connectivity index (χ3n) is 3.59. The highest BCUT2D eigenvalue weighted by atomic mass is 16.5. The average molecular weight is 282 g/mol. The predicted octanol–water partition coefficient (Wildman–Crippen LogP) is 5.81. The van der Waals surface area contributed by atoms with Crippen molar-refractivity contribution < 1.29 is 9.53 Å². The second-order valence-corrected chi connectivity index (χ2v) is 5.64. The van der Waals surface area contributed by atoms with Crippen LogP contribution in [0.1, 0.15) is 91.4 Å². The predicted molar refractivity (Wildman–Crippen MR) is 86.8 cm³/mol. The van der Waals surface area contributed by atoms with Crippen LogP contribution in [0, 0.1) is 0 Å². The molecule has 2 heteroatoms. The van der Waals surface area contributed by atoms with E-state index in [9.17, 15) is 4.79 Å². The fraction of sp³-hybridized carbons (Fsp3) is 0.833. The number of unbranched alkanes of at least 4 members (excludes halogenated alkanes) is 7. The lowest BCUT2D eigenvalue weighted by atomic mass is 10.0. The lowest BCUT2D eigenvalue weighted by Crippen LogP contribution is -2.16. The molecular formula is C18H34O2. The van der Waals surface area contributed by atoms with Gasteiger partial charge in [-0.1, -0.05) is 51.2 Å². The molecule has 0 spiro atoms. The molecule has 0 aliphatic carbocycles. The van der Waals surface area contributed by atoms with Gasteiger partial charge in [0.15, 0.2) is 0 Å². The van der Waals surface area contributed by atoms with Gasteiger partial charge in [0.05, 0.1) is 0 Å². The van der Waals surface area contributed by atoms with Crippen molar-refractivity contribution in [1.29, 1.82) is 0 Å². The quantitative estimate of drug-likeness (QED) is 0.242. The number of carbonyl (C=O) groups excluding carboxylic acids is 1. The number of hydrogen-bond donors (Lipinski definition) is 0. The van der Waals surface area contributed by atoms with Crippen LogP contribution < -0.4 is 0 Å². The highest BCUT2D eigenvalue weighted by Gasteiger charge is 2.11. The molecule has 0 aromatic rings. The molecule has 0 N–H and O–H groups in total. The molecule has 2 nitrogen and oxygen atoms in total. The first-order valence-corrected chi connectivity index (χ1v) is 8.49. The Morgan fingerprint density at radius 1 is 1.00 bits per heavy atom. The Hall–Kier alpha value is -0.790. The zero-order valence-electron chi connectivity index (χ0n) is 13.8. The molecule has 0 aromatic carbocycles. The number of allylic oxidation sites excluding steroid dienone is 2. The minimum Gasteiger partial charge on any atom is -0.463 e. The van der Waals surface area contributed by atoms with Gasteiger partial charge in [0.25, 0.3) is 0 Å².